The molecule has 4 aliphatic rings. The number of ether oxygens (including phenoxy) is 2. The number of unbranched alkanes of at least 4 members (excludes halogenated alkanes) is 1. The van der Waals surface area contributed by atoms with Crippen LogP contribution in [0.3, 0.4) is 0 Å². The number of hydrogen-bond acceptors (Lipinski definition) is 6. The first-order chi connectivity index (χ1) is 15.2. The highest BCUT2D eigenvalue weighted by Crippen LogP contribution is 2.37. The third-order valence-electron chi connectivity index (χ3n) is 6.89. The van der Waals surface area contributed by atoms with E-state index in [4.69, 9.17) is 9.47 Å². The highest BCUT2D eigenvalue weighted by Gasteiger charge is 2.43. The van der Waals surface area contributed by atoms with E-state index in [1.165, 1.54) is 6.42 Å². The maximum Gasteiger partial charge on any atom is 0.231 e. The molecule has 2 bridgehead atoms. The molecule has 1 aromatic carbocycles. The second-order valence-corrected chi connectivity index (χ2v) is 8.98. The molecule has 5 heterocycles. The second kappa shape index (κ2) is 8.86. The van der Waals surface area contributed by atoms with Gasteiger partial charge in [0.1, 0.15) is 0 Å². The number of fused-ring (bicyclic) bond motifs is 4. The number of piperidine rings is 3. The van der Waals surface area contributed by atoms with Crippen molar-refractivity contribution in [3.63, 3.8) is 0 Å². The van der Waals surface area contributed by atoms with Crippen LogP contribution in [0.4, 0.5) is 0 Å². The SMILES string of the molecule is CCCCc1cn(C[C@H]2C[C@H]3CCN2C[C@@H]3C(=O)NCc2ccc3c(c2)OCO3)nn1. The van der Waals surface area contributed by atoms with Crippen molar-refractivity contribution in [3.05, 3.63) is 35.7 Å². The highest BCUT2D eigenvalue weighted by molar-refractivity contribution is 5.79. The smallest absolute Gasteiger partial charge is 0.231 e. The number of carbonyl (C=O) groups is 1. The summed E-state index contributed by atoms with van der Waals surface area (Å²) < 4.78 is 12.8. The standard InChI is InChI=1S/C23H31N5O3/c1-2-3-4-18-12-28(26-25-18)13-19-10-17-7-8-27(19)14-20(17)23(29)24-11-16-5-6-21-22(9-16)31-15-30-21/h5-6,9,12,17,19-20H,2-4,7-8,10-11,13-15H2,1H3,(H,24,29)/t17-,19-,20+/m1/s1. The molecular weight excluding hydrogens is 394 g/mol. The monoisotopic (exact) mass is 425 g/mol. The summed E-state index contributed by atoms with van der Waals surface area (Å²) in [5.41, 5.74) is 2.11. The molecule has 1 amide bonds. The molecular formula is C23H31N5O3. The number of nitrogens with zero attached hydrogens (tertiary/aromatic N) is 4. The van der Waals surface area contributed by atoms with Crippen molar-refractivity contribution in [3.8, 4) is 11.5 Å². The summed E-state index contributed by atoms with van der Waals surface area (Å²) in [6.45, 7) is 5.74. The molecule has 3 fully saturated rings. The quantitative estimate of drug-likeness (QED) is 0.699. The summed E-state index contributed by atoms with van der Waals surface area (Å²) >= 11 is 0. The van der Waals surface area contributed by atoms with E-state index in [0.29, 0.717) is 18.5 Å². The van der Waals surface area contributed by atoms with Crippen LogP contribution in [0.25, 0.3) is 0 Å². The first-order valence-electron chi connectivity index (χ1n) is 11.5. The molecule has 166 valence electrons. The fourth-order valence-electron chi connectivity index (χ4n) is 5.11. The van der Waals surface area contributed by atoms with Crippen LogP contribution in [0.2, 0.25) is 0 Å². The molecule has 2 aromatic rings. The van der Waals surface area contributed by atoms with E-state index in [-0.39, 0.29) is 18.6 Å². The van der Waals surface area contributed by atoms with Gasteiger partial charge in [-0.2, -0.15) is 0 Å². The predicted molar refractivity (Wildman–Crippen MR) is 115 cm³/mol. The molecule has 0 aliphatic carbocycles. The number of benzene rings is 1. The Morgan fingerprint density at radius 3 is 3.03 bits per heavy atom. The van der Waals surface area contributed by atoms with Gasteiger partial charge in [0.05, 0.1) is 18.2 Å². The van der Waals surface area contributed by atoms with Crippen LogP contribution in [-0.4, -0.2) is 51.7 Å². The van der Waals surface area contributed by atoms with Gasteiger partial charge in [-0.25, -0.2) is 0 Å². The predicted octanol–water partition coefficient (Wildman–Crippen LogP) is 2.38. The Balaban J connectivity index is 1.14. The molecule has 0 spiro atoms. The average Bonchev–Trinajstić information content (AvgIpc) is 3.45. The van der Waals surface area contributed by atoms with Gasteiger partial charge in [0.2, 0.25) is 12.7 Å². The van der Waals surface area contributed by atoms with Crippen molar-refractivity contribution in [2.75, 3.05) is 19.9 Å². The average molecular weight is 426 g/mol. The molecule has 3 saturated heterocycles. The summed E-state index contributed by atoms with van der Waals surface area (Å²) in [7, 11) is 0. The molecule has 1 aromatic heterocycles. The third-order valence-corrected chi connectivity index (χ3v) is 6.89. The lowest BCUT2D eigenvalue weighted by Gasteiger charge is -2.49. The second-order valence-electron chi connectivity index (χ2n) is 8.98. The van der Waals surface area contributed by atoms with E-state index in [1.807, 2.05) is 22.9 Å². The summed E-state index contributed by atoms with van der Waals surface area (Å²) in [6.07, 6.45) is 7.56. The van der Waals surface area contributed by atoms with E-state index in [2.05, 4.69) is 33.6 Å². The number of carbonyl (C=O) groups excluding carboxylic acids is 1. The number of aromatic nitrogens is 3. The Hall–Kier alpha value is -2.61. The van der Waals surface area contributed by atoms with Crippen molar-refractivity contribution >= 4 is 5.91 Å². The third kappa shape index (κ3) is 4.39. The lowest BCUT2D eigenvalue weighted by Crippen LogP contribution is -2.58. The number of rotatable bonds is 8. The Kier molecular flexibility index (Phi) is 5.80. The Morgan fingerprint density at radius 2 is 2.19 bits per heavy atom. The molecule has 4 aliphatic heterocycles. The van der Waals surface area contributed by atoms with Gasteiger partial charge in [-0.1, -0.05) is 24.6 Å². The van der Waals surface area contributed by atoms with E-state index in [0.717, 1.165) is 68.1 Å². The highest BCUT2D eigenvalue weighted by atomic mass is 16.7. The maximum atomic E-state index is 12.9. The van der Waals surface area contributed by atoms with Crippen LogP contribution in [0, 0.1) is 11.8 Å². The Labute approximate surface area is 182 Å². The molecule has 0 radical (unpaired) electrons. The van der Waals surface area contributed by atoms with Gasteiger partial charge in [-0.3, -0.25) is 14.4 Å². The van der Waals surface area contributed by atoms with E-state index < -0.39 is 0 Å². The van der Waals surface area contributed by atoms with Gasteiger partial charge in [0.15, 0.2) is 11.5 Å². The molecule has 0 saturated carbocycles. The van der Waals surface area contributed by atoms with Crippen LogP contribution in [0.1, 0.15) is 43.9 Å². The minimum Gasteiger partial charge on any atom is -0.454 e. The topological polar surface area (TPSA) is 81.5 Å². The van der Waals surface area contributed by atoms with Crippen molar-refractivity contribution < 1.29 is 14.3 Å². The first kappa shape index (κ1) is 20.3. The molecule has 4 atom stereocenters. The van der Waals surface area contributed by atoms with Crippen LogP contribution in [0.15, 0.2) is 24.4 Å². The zero-order chi connectivity index (χ0) is 21.2. The van der Waals surface area contributed by atoms with Gasteiger partial charge < -0.3 is 14.8 Å². The van der Waals surface area contributed by atoms with Crippen LogP contribution in [0.5, 0.6) is 11.5 Å². The summed E-state index contributed by atoms with van der Waals surface area (Å²) in [4.78, 5) is 15.4. The Bertz CT molecular complexity index is 930. The summed E-state index contributed by atoms with van der Waals surface area (Å²) in [5, 5.41) is 11.8. The fourth-order valence-corrected chi connectivity index (χ4v) is 5.11. The van der Waals surface area contributed by atoms with E-state index in [1.54, 1.807) is 0 Å². The zero-order valence-corrected chi connectivity index (χ0v) is 18.1. The van der Waals surface area contributed by atoms with Crippen molar-refractivity contribution in [2.24, 2.45) is 11.8 Å². The fraction of sp³-hybridized carbons (Fsp3) is 0.609. The van der Waals surface area contributed by atoms with Crippen LogP contribution >= 0.6 is 0 Å². The number of hydrogen-bond donors (Lipinski definition) is 1. The number of nitrogens with one attached hydrogen (secondary N) is 1. The minimum atomic E-state index is 0.0647. The van der Waals surface area contributed by atoms with Gasteiger partial charge in [0.25, 0.3) is 0 Å². The van der Waals surface area contributed by atoms with Gasteiger partial charge in [-0.15, -0.1) is 5.10 Å². The summed E-state index contributed by atoms with van der Waals surface area (Å²) in [5.74, 6) is 2.19. The van der Waals surface area contributed by atoms with Crippen molar-refractivity contribution in [1.82, 2.24) is 25.2 Å². The summed E-state index contributed by atoms with van der Waals surface area (Å²) in [6, 6.07) is 6.27. The Morgan fingerprint density at radius 1 is 1.29 bits per heavy atom. The molecule has 8 heteroatoms. The minimum absolute atomic E-state index is 0.0647. The number of amides is 1. The lowest BCUT2D eigenvalue weighted by atomic mass is 9.75. The van der Waals surface area contributed by atoms with Gasteiger partial charge >= 0.3 is 0 Å². The van der Waals surface area contributed by atoms with Crippen molar-refractivity contribution in [2.45, 2.75) is 58.2 Å². The first-order valence-corrected chi connectivity index (χ1v) is 11.5. The molecule has 1 N–H and O–H groups in total. The van der Waals surface area contributed by atoms with Crippen molar-refractivity contribution in [1.29, 1.82) is 0 Å². The van der Waals surface area contributed by atoms with Crippen LogP contribution in [-0.2, 0) is 24.3 Å². The lowest BCUT2D eigenvalue weighted by molar-refractivity contribution is -0.133. The van der Waals surface area contributed by atoms with Gasteiger partial charge in [0, 0.05) is 25.3 Å². The normalized spacial score (nSPS) is 26.2. The molecule has 1 unspecified atom stereocenters. The molecule has 8 nitrogen and oxygen atoms in total. The maximum absolute atomic E-state index is 12.9. The van der Waals surface area contributed by atoms with E-state index in [9.17, 15) is 4.79 Å². The largest absolute Gasteiger partial charge is 0.454 e. The van der Waals surface area contributed by atoms with Crippen LogP contribution < -0.4 is 14.8 Å². The van der Waals surface area contributed by atoms with Gasteiger partial charge in [-0.05, 0) is 55.8 Å². The molecule has 6 rings (SSSR count). The molecule has 31 heavy (non-hydrogen) atoms. The van der Waals surface area contributed by atoms with E-state index >= 15 is 0 Å². The number of aryl methyl sites for hydroxylation is 1. The zero-order valence-electron chi connectivity index (χ0n) is 18.1.